The molecule has 6 nitrogen and oxygen atoms in total. The summed E-state index contributed by atoms with van der Waals surface area (Å²) in [6.07, 6.45) is 4.02. The second kappa shape index (κ2) is 7.66. The lowest BCUT2D eigenvalue weighted by Crippen LogP contribution is -2.21. The van der Waals surface area contributed by atoms with E-state index in [1.807, 2.05) is 25.1 Å². The van der Waals surface area contributed by atoms with Crippen LogP contribution in [0.2, 0.25) is 0 Å². The molecule has 148 valence electrons. The van der Waals surface area contributed by atoms with Crippen molar-refractivity contribution >= 4 is 34.3 Å². The Bertz CT molecular complexity index is 1120. The first-order chi connectivity index (χ1) is 14.0. The van der Waals surface area contributed by atoms with E-state index < -0.39 is 0 Å². The van der Waals surface area contributed by atoms with E-state index in [0.29, 0.717) is 23.0 Å². The molecular formula is C23H23N3O3. The Morgan fingerprint density at radius 1 is 1.14 bits per heavy atom. The van der Waals surface area contributed by atoms with Gasteiger partial charge in [0.2, 0.25) is 0 Å². The van der Waals surface area contributed by atoms with Gasteiger partial charge in [0.05, 0.1) is 17.0 Å². The normalized spacial score (nSPS) is 15.8. The number of para-hydroxylation sites is 1. The number of nitrogens with zero attached hydrogens (tertiary/aromatic N) is 3. The third-order valence-electron chi connectivity index (χ3n) is 5.10. The van der Waals surface area contributed by atoms with Crippen LogP contribution in [0.4, 0.5) is 5.69 Å². The zero-order valence-corrected chi connectivity index (χ0v) is 16.7. The monoisotopic (exact) mass is 389 g/mol. The Kier molecular flexibility index (Phi) is 5.05. The van der Waals surface area contributed by atoms with Gasteiger partial charge in [-0.3, -0.25) is 10.1 Å². The van der Waals surface area contributed by atoms with Gasteiger partial charge in [-0.25, -0.2) is 4.89 Å². The summed E-state index contributed by atoms with van der Waals surface area (Å²) < 4.78 is 2.22. The van der Waals surface area contributed by atoms with Gasteiger partial charge >= 0.3 is 0 Å². The SMILES string of the molecule is CC1=NN(c2ccc(COO)cc2)C(=O)C1=Cc1cn(C(C)C)c2ccccc12. The highest BCUT2D eigenvalue weighted by Gasteiger charge is 2.29. The number of carbonyl (C=O) groups is 1. The van der Waals surface area contributed by atoms with E-state index in [4.69, 9.17) is 5.26 Å². The molecule has 0 saturated carbocycles. The molecule has 0 bridgehead atoms. The predicted molar refractivity (Wildman–Crippen MR) is 115 cm³/mol. The van der Waals surface area contributed by atoms with Crippen LogP contribution in [0.3, 0.4) is 0 Å². The summed E-state index contributed by atoms with van der Waals surface area (Å²) in [5.41, 5.74) is 4.89. The largest absolute Gasteiger partial charge is 0.344 e. The van der Waals surface area contributed by atoms with Crippen molar-refractivity contribution < 1.29 is 14.9 Å². The van der Waals surface area contributed by atoms with Crippen LogP contribution in [0.25, 0.3) is 17.0 Å². The number of fused-ring (bicyclic) bond motifs is 1. The van der Waals surface area contributed by atoms with Crippen molar-refractivity contribution in [2.45, 2.75) is 33.4 Å². The van der Waals surface area contributed by atoms with Crippen LogP contribution in [-0.4, -0.2) is 21.4 Å². The maximum atomic E-state index is 13.1. The summed E-state index contributed by atoms with van der Waals surface area (Å²) in [5, 5.41) is 15.5. The van der Waals surface area contributed by atoms with Gasteiger partial charge in [0.1, 0.15) is 6.61 Å². The van der Waals surface area contributed by atoms with Crippen molar-refractivity contribution in [3.05, 3.63) is 71.4 Å². The number of benzene rings is 2. The molecule has 0 fully saturated rings. The van der Waals surface area contributed by atoms with E-state index in [1.54, 1.807) is 24.3 Å². The van der Waals surface area contributed by atoms with Crippen molar-refractivity contribution in [1.29, 1.82) is 0 Å². The lowest BCUT2D eigenvalue weighted by atomic mass is 10.1. The van der Waals surface area contributed by atoms with Crippen LogP contribution >= 0.6 is 0 Å². The van der Waals surface area contributed by atoms with Crippen LogP contribution in [0.5, 0.6) is 0 Å². The van der Waals surface area contributed by atoms with Gasteiger partial charge < -0.3 is 4.57 Å². The molecular weight excluding hydrogens is 366 g/mol. The van der Waals surface area contributed by atoms with Crippen LogP contribution in [0.15, 0.2) is 65.4 Å². The van der Waals surface area contributed by atoms with Crippen molar-refractivity contribution in [1.82, 2.24) is 4.57 Å². The average molecular weight is 389 g/mol. The van der Waals surface area contributed by atoms with E-state index in [0.717, 1.165) is 22.0 Å². The van der Waals surface area contributed by atoms with Gasteiger partial charge in [-0.1, -0.05) is 30.3 Å². The summed E-state index contributed by atoms with van der Waals surface area (Å²) in [7, 11) is 0. The van der Waals surface area contributed by atoms with Crippen LogP contribution in [0, 0.1) is 0 Å². The molecule has 0 unspecified atom stereocenters. The third kappa shape index (κ3) is 3.48. The minimum atomic E-state index is -0.157. The second-order valence-electron chi connectivity index (χ2n) is 7.40. The molecule has 1 N–H and O–H groups in total. The Morgan fingerprint density at radius 3 is 2.55 bits per heavy atom. The zero-order chi connectivity index (χ0) is 20.5. The van der Waals surface area contributed by atoms with Crippen molar-refractivity contribution in [3.8, 4) is 0 Å². The van der Waals surface area contributed by atoms with Crippen molar-refractivity contribution in [2.75, 3.05) is 5.01 Å². The molecule has 6 heteroatoms. The number of rotatable bonds is 5. The fraction of sp³-hybridized carbons (Fsp3) is 0.217. The van der Waals surface area contributed by atoms with E-state index in [-0.39, 0.29) is 12.5 Å². The highest BCUT2D eigenvalue weighted by molar-refractivity contribution is 6.32. The van der Waals surface area contributed by atoms with Gasteiger partial charge in [-0.15, -0.1) is 0 Å². The number of hydrogen-bond acceptors (Lipinski definition) is 4. The fourth-order valence-corrected chi connectivity index (χ4v) is 3.60. The van der Waals surface area contributed by atoms with Gasteiger partial charge in [0, 0.05) is 28.7 Å². The molecule has 1 aliphatic heterocycles. The number of hydrazone groups is 1. The zero-order valence-electron chi connectivity index (χ0n) is 16.7. The first-order valence-corrected chi connectivity index (χ1v) is 9.56. The Balaban J connectivity index is 1.70. The van der Waals surface area contributed by atoms with Crippen LogP contribution in [-0.2, 0) is 16.3 Å². The maximum absolute atomic E-state index is 13.1. The van der Waals surface area contributed by atoms with Crippen molar-refractivity contribution in [2.24, 2.45) is 5.10 Å². The summed E-state index contributed by atoms with van der Waals surface area (Å²) in [5.74, 6) is -0.157. The molecule has 0 radical (unpaired) electrons. The van der Waals surface area contributed by atoms with E-state index in [9.17, 15) is 4.79 Å². The molecule has 4 rings (SSSR count). The Hall–Kier alpha value is -3.22. The topological polar surface area (TPSA) is 67.1 Å². The molecule has 1 amide bonds. The summed E-state index contributed by atoms with van der Waals surface area (Å²) in [4.78, 5) is 17.2. The highest BCUT2D eigenvalue weighted by Crippen LogP contribution is 2.30. The van der Waals surface area contributed by atoms with Gasteiger partial charge in [-0.2, -0.15) is 10.1 Å². The minimum Gasteiger partial charge on any atom is -0.344 e. The molecule has 0 saturated heterocycles. The molecule has 3 aromatic rings. The van der Waals surface area contributed by atoms with E-state index >= 15 is 0 Å². The molecule has 1 aliphatic rings. The Morgan fingerprint density at radius 2 is 1.86 bits per heavy atom. The molecule has 0 spiro atoms. The second-order valence-corrected chi connectivity index (χ2v) is 7.40. The predicted octanol–water partition coefficient (Wildman–Crippen LogP) is 5.02. The first-order valence-electron chi connectivity index (χ1n) is 9.56. The summed E-state index contributed by atoms with van der Waals surface area (Å²) in [6, 6.07) is 15.7. The van der Waals surface area contributed by atoms with Crippen LogP contribution in [0.1, 0.15) is 37.9 Å². The number of aromatic nitrogens is 1. The molecule has 29 heavy (non-hydrogen) atoms. The summed E-state index contributed by atoms with van der Waals surface area (Å²) in [6.45, 7) is 6.23. The molecule has 0 aliphatic carbocycles. The lowest BCUT2D eigenvalue weighted by molar-refractivity contribution is -0.253. The fourth-order valence-electron chi connectivity index (χ4n) is 3.60. The molecule has 0 atom stereocenters. The minimum absolute atomic E-state index is 0.0988. The van der Waals surface area contributed by atoms with E-state index in [1.165, 1.54) is 5.01 Å². The molecule has 1 aromatic heterocycles. The van der Waals surface area contributed by atoms with Gasteiger partial charge in [0.25, 0.3) is 5.91 Å². The van der Waals surface area contributed by atoms with E-state index in [2.05, 4.69) is 46.7 Å². The summed E-state index contributed by atoms with van der Waals surface area (Å²) >= 11 is 0. The van der Waals surface area contributed by atoms with Gasteiger partial charge in [-0.05, 0) is 50.6 Å². The lowest BCUT2D eigenvalue weighted by Gasteiger charge is -2.12. The number of carbonyl (C=O) groups excluding carboxylic acids is 1. The Labute approximate surface area is 169 Å². The highest BCUT2D eigenvalue weighted by atomic mass is 17.1. The number of anilines is 1. The third-order valence-corrected chi connectivity index (χ3v) is 5.10. The van der Waals surface area contributed by atoms with Crippen LogP contribution < -0.4 is 5.01 Å². The maximum Gasteiger partial charge on any atom is 0.280 e. The first kappa shape index (κ1) is 19.1. The quantitative estimate of drug-likeness (QED) is 0.379. The number of amides is 1. The standard InChI is InChI=1S/C23H23N3O3/c1-15(2)25-13-18(20-6-4-5-7-22(20)25)12-21-16(3)24-26(23(21)27)19-10-8-17(9-11-19)14-29-28/h4-13,15,28H,14H2,1-3H3. The van der Waals surface area contributed by atoms with Gasteiger partial charge in [0.15, 0.2) is 0 Å². The molecule has 2 heterocycles. The number of hydrogen-bond donors (Lipinski definition) is 1. The van der Waals surface area contributed by atoms with Crippen molar-refractivity contribution in [3.63, 3.8) is 0 Å². The molecule has 2 aromatic carbocycles. The average Bonchev–Trinajstić information content (AvgIpc) is 3.22. The smallest absolute Gasteiger partial charge is 0.280 e.